The smallest absolute Gasteiger partial charge is 0.124 e. The summed E-state index contributed by atoms with van der Waals surface area (Å²) in [5.74, 6) is 0.891. The number of benzene rings is 2. The molecular formula is C18H22ClNO. The number of halogens is 1. The molecule has 2 rings (SSSR count). The monoisotopic (exact) mass is 303 g/mol. The van der Waals surface area contributed by atoms with Crippen molar-refractivity contribution in [2.45, 2.75) is 39.5 Å². The summed E-state index contributed by atoms with van der Waals surface area (Å²) in [4.78, 5) is 0. The molecule has 1 unspecified atom stereocenters. The minimum absolute atomic E-state index is 0.150. The van der Waals surface area contributed by atoms with Crippen LogP contribution < -0.4 is 10.1 Å². The van der Waals surface area contributed by atoms with Gasteiger partial charge in [0.05, 0.1) is 6.10 Å². The molecule has 0 saturated heterocycles. The zero-order valence-electron chi connectivity index (χ0n) is 12.8. The molecule has 3 heteroatoms. The molecule has 1 atom stereocenters. The molecule has 0 spiro atoms. The number of hydrogen-bond acceptors (Lipinski definition) is 2. The van der Waals surface area contributed by atoms with Crippen LogP contribution in [0.25, 0.3) is 0 Å². The summed E-state index contributed by atoms with van der Waals surface area (Å²) in [7, 11) is 0. The van der Waals surface area contributed by atoms with Gasteiger partial charge in [0, 0.05) is 23.2 Å². The lowest BCUT2D eigenvalue weighted by Crippen LogP contribution is -2.19. The fourth-order valence-electron chi connectivity index (χ4n) is 2.18. The van der Waals surface area contributed by atoms with Crippen LogP contribution in [-0.2, 0) is 6.54 Å². The molecule has 0 fully saturated rings. The van der Waals surface area contributed by atoms with Crippen molar-refractivity contribution in [3.8, 4) is 5.75 Å². The van der Waals surface area contributed by atoms with Crippen LogP contribution in [0.1, 0.15) is 37.9 Å². The van der Waals surface area contributed by atoms with Gasteiger partial charge in [-0.25, -0.2) is 0 Å². The summed E-state index contributed by atoms with van der Waals surface area (Å²) in [5, 5.41) is 4.25. The highest BCUT2D eigenvalue weighted by Crippen LogP contribution is 2.24. The average Bonchev–Trinajstić information content (AvgIpc) is 2.47. The van der Waals surface area contributed by atoms with Crippen molar-refractivity contribution >= 4 is 11.6 Å². The van der Waals surface area contributed by atoms with E-state index >= 15 is 0 Å². The molecule has 0 aliphatic rings. The average molecular weight is 304 g/mol. The highest BCUT2D eigenvalue weighted by molar-refractivity contribution is 6.30. The molecule has 0 heterocycles. The van der Waals surface area contributed by atoms with Gasteiger partial charge in [0.1, 0.15) is 5.75 Å². The van der Waals surface area contributed by atoms with E-state index in [0.29, 0.717) is 0 Å². The largest absolute Gasteiger partial charge is 0.491 e. The van der Waals surface area contributed by atoms with Gasteiger partial charge in [-0.3, -0.25) is 0 Å². The minimum Gasteiger partial charge on any atom is -0.491 e. The zero-order valence-corrected chi connectivity index (χ0v) is 13.5. The van der Waals surface area contributed by atoms with Crippen molar-refractivity contribution in [1.82, 2.24) is 5.32 Å². The fraction of sp³-hybridized carbons (Fsp3) is 0.333. The molecule has 112 valence electrons. The third-order valence-corrected chi connectivity index (χ3v) is 3.52. The van der Waals surface area contributed by atoms with E-state index in [9.17, 15) is 0 Å². The lowest BCUT2D eigenvalue weighted by atomic mass is 10.1. The Labute approximate surface area is 132 Å². The molecule has 2 aromatic carbocycles. The minimum atomic E-state index is 0.150. The van der Waals surface area contributed by atoms with Gasteiger partial charge in [-0.15, -0.1) is 0 Å². The van der Waals surface area contributed by atoms with Gasteiger partial charge in [-0.1, -0.05) is 41.9 Å². The van der Waals surface area contributed by atoms with Crippen LogP contribution in [0, 0.1) is 0 Å². The number of ether oxygens (including phenoxy) is 1. The van der Waals surface area contributed by atoms with Crippen molar-refractivity contribution in [3.05, 3.63) is 64.7 Å². The fourth-order valence-corrected chi connectivity index (χ4v) is 2.37. The van der Waals surface area contributed by atoms with Gasteiger partial charge in [0.2, 0.25) is 0 Å². The quantitative estimate of drug-likeness (QED) is 0.813. The van der Waals surface area contributed by atoms with Crippen LogP contribution in [0.3, 0.4) is 0 Å². The van der Waals surface area contributed by atoms with Crippen molar-refractivity contribution in [2.24, 2.45) is 0 Å². The molecule has 0 saturated carbocycles. The van der Waals surface area contributed by atoms with Crippen LogP contribution in [0.15, 0.2) is 48.5 Å². The summed E-state index contributed by atoms with van der Waals surface area (Å²) in [6.07, 6.45) is 0.150. The van der Waals surface area contributed by atoms with Crippen LogP contribution in [0.4, 0.5) is 0 Å². The Morgan fingerprint density at radius 1 is 1.05 bits per heavy atom. The first-order chi connectivity index (χ1) is 10.1. The number of rotatable bonds is 6. The van der Waals surface area contributed by atoms with E-state index in [4.69, 9.17) is 16.3 Å². The van der Waals surface area contributed by atoms with E-state index in [-0.39, 0.29) is 12.1 Å². The Bertz CT molecular complexity index is 569. The first kappa shape index (κ1) is 15.9. The van der Waals surface area contributed by atoms with Gasteiger partial charge < -0.3 is 10.1 Å². The first-order valence-electron chi connectivity index (χ1n) is 7.29. The van der Waals surface area contributed by atoms with Gasteiger partial charge in [0.25, 0.3) is 0 Å². The second-order valence-corrected chi connectivity index (χ2v) is 5.87. The molecule has 0 radical (unpaired) electrons. The van der Waals surface area contributed by atoms with Crippen molar-refractivity contribution in [1.29, 1.82) is 0 Å². The van der Waals surface area contributed by atoms with Gasteiger partial charge in [0.15, 0.2) is 0 Å². The Kier molecular flexibility index (Phi) is 5.66. The Hall–Kier alpha value is -1.51. The Balaban J connectivity index is 2.07. The van der Waals surface area contributed by atoms with Crippen molar-refractivity contribution in [2.75, 3.05) is 0 Å². The van der Waals surface area contributed by atoms with Crippen molar-refractivity contribution in [3.63, 3.8) is 0 Å². The highest BCUT2D eigenvalue weighted by Gasteiger charge is 2.09. The third-order valence-electron chi connectivity index (χ3n) is 3.28. The molecule has 0 aliphatic carbocycles. The predicted octanol–water partition coefficient (Wildman–Crippen LogP) is 4.98. The molecule has 0 aliphatic heterocycles. The van der Waals surface area contributed by atoms with Crippen molar-refractivity contribution < 1.29 is 4.74 Å². The summed E-state index contributed by atoms with van der Waals surface area (Å²) in [5.41, 5.74) is 2.35. The molecular weight excluding hydrogens is 282 g/mol. The SMILES string of the molecule is CC(C)Oc1ccc(Cl)cc1CNC(C)c1ccccc1. The molecule has 0 amide bonds. The maximum absolute atomic E-state index is 6.10. The molecule has 2 aromatic rings. The second-order valence-electron chi connectivity index (χ2n) is 5.43. The second kappa shape index (κ2) is 7.48. The van der Waals surface area contributed by atoms with E-state index < -0.39 is 0 Å². The molecule has 21 heavy (non-hydrogen) atoms. The summed E-state index contributed by atoms with van der Waals surface area (Å²) < 4.78 is 5.84. The zero-order chi connectivity index (χ0) is 15.2. The highest BCUT2D eigenvalue weighted by atomic mass is 35.5. The number of nitrogens with one attached hydrogen (secondary N) is 1. The Morgan fingerprint density at radius 2 is 1.76 bits per heavy atom. The lowest BCUT2D eigenvalue weighted by Gasteiger charge is -2.18. The molecule has 2 nitrogen and oxygen atoms in total. The lowest BCUT2D eigenvalue weighted by molar-refractivity contribution is 0.239. The first-order valence-corrected chi connectivity index (χ1v) is 7.67. The van der Waals surface area contributed by atoms with E-state index in [1.807, 2.05) is 38.1 Å². The normalized spacial score (nSPS) is 12.4. The van der Waals surface area contributed by atoms with Crippen LogP contribution in [0.5, 0.6) is 5.75 Å². The summed E-state index contributed by atoms with van der Waals surface area (Å²) >= 11 is 6.10. The van der Waals surface area contributed by atoms with E-state index in [1.165, 1.54) is 5.56 Å². The third kappa shape index (κ3) is 4.76. The van der Waals surface area contributed by atoms with Gasteiger partial charge in [-0.05, 0) is 44.5 Å². The molecule has 0 aromatic heterocycles. The van der Waals surface area contributed by atoms with E-state index in [0.717, 1.165) is 22.9 Å². The maximum Gasteiger partial charge on any atom is 0.124 e. The topological polar surface area (TPSA) is 21.3 Å². The van der Waals surface area contributed by atoms with Crippen LogP contribution in [-0.4, -0.2) is 6.10 Å². The summed E-state index contributed by atoms with van der Waals surface area (Å²) in [6.45, 7) is 6.93. The maximum atomic E-state index is 6.10. The van der Waals surface area contributed by atoms with Crippen LogP contribution in [0.2, 0.25) is 5.02 Å². The van der Waals surface area contributed by atoms with E-state index in [2.05, 4.69) is 36.5 Å². The standard InChI is InChI=1S/C18H22ClNO/c1-13(2)21-18-10-9-17(19)11-16(18)12-20-14(3)15-7-5-4-6-8-15/h4-11,13-14,20H,12H2,1-3H3. The van der Waals surface area contributed by atoms with E-state index in [1.54, 1.807) is 0 Å². The molecule has 0 bridgehead atoms. The molecule has 1 N–H and O–H groups in total. The Morgan fingerprint density at radius 3 is 2.43 bits per heavy atom. The van der Waals surface area contributed by atoms with Crippen LogP contribution >= 0.6 is 11.6 Å². The van der Waals surface area contributed by atoms with Gasteiger partial charge >= 0.3 is 0 Å². The number of hydrogen-bond donors (Lipinski definition) is 1. The van der Waals surface area contributed by atoms with Gasteiger partial charge in [-0.2, -0.15) is 0 Å². The predicted molar refractivity (Wildman–Crippen MR) is 88.9 cm³/mol. The summed E-state index contributed by atoms with van der Waals surface area (Å²) in [6, 6.07) is 16.4.